The van der Waals surface area contributed by atoms with Crippen LogP contribution < -0.4 is 0 Å². The van der Waals surface area contributed by atoms with E-state index in [1.807, 2.05) is 4.90 Å². The lowest BCUT2D eigenvalue weighted by Crippen LogP contribution is -2.50. The highest BCUT2D eigenvalue weighted by Crippen LogP contribution is 2.12. The Labute approximate surface area is 159 Å². The monoisotopic (exact) mass is 373 g/mol. The maximum absolute atomic E-state index is 12.8. The molecule has 3 heterocycles. The number of hydrogen-bond donors (Lipinski definition) is 0. The van der Waals surface area contributed by atoms with Crippen molar-refractivity contribution in [1.29, 1.82) is 0 Å². The van der Waals surface area contributed by atoms with Crippen LogP contribution in [0.3, 0.4) is 0 Å². The van der Waals surface area contributed by atoms with Gasteiger partial charge in [-0.2, -0.15) is 0 Å². The van der Waals surface area contributed by atoms with Crippen LogP contribution in [0.5, 0.6) is 0 Å². The van der Waals surface area contributed by atoms with Gasteiger partial charge >= 0.3 is 0 Å². The van der Waals surface area contributed by atoms with Gasteiger partial charge in [0.1, 0.15) is 5.69 Å². The number of nitrogens with zero attached hydrogens (tertiary/aromatic N) is 5. The molecule has 2 fully saturated rings. The fourth-order valence-electron chi connectivity index (χ4n) is 3.52. The molecule has 0 N–H and O–H groups in total. The van der Waals surface area contributed by atoms with E-state index in [9.17, 15) is 14.4 Å². The Morgan fingerprint density at radius 1 is 0.889 bits per heavy atom. The normalized spacial score (nSPS) is 18.5. The van der Waals surface area contributed by atoms with E-state index >= 15 is 0 Å². The summed E-state index contributed by atoms with van der Waals surface area (Å²) in [6.07, 6.45) is 1.52. The molecule has 2 aliphatic rings. The van der Waals surface area contributed by atoms with E-state index in [0.29, 0.717) is 44.8 Å². The quantitative estimate of drug-likeness (QED) is 0.755. The van der Waals surface area contributed by atoms with E-state index in [0.717, 1.165) is 19.6 Å². The molecule has 1 aromatic rings. The maximum atomic E-state index is 12.8. The maximum Gasteiger partial charge on any atom is 0.272 e. The first kappa shape index (κ1) is 19.3. The molecular formula is C19H27N5O3. The average molecular weight is 373 g/mol. The van der Waals surface area contributed by atoms with Crippen molar-refractivity contribution in [2.75, 3.05) is 58.9 Å². The molecule has 3 amide bonds. The van der Waals surface area contributed by atoms with E-state index in [2.05, 4.69) is 16.8 Å². The van der Waals surface area contributed by atoms with Gasteiger partial charge in [0.2, 0.25) is 5.91 Å². The van der Waals surface area contributed by atoms with Crippen LogP contribution in [0.4, 0.5) is 0 Å². The Bertz CT molecular complexity index is 707. The molecule has 0 aromatic carbocycles. The third-order valence-corrected chi connectivity index (χ3v) is 5.34. The van der Waals surface area contributed by atoms with Crippen LogP contribution in [0, 0.1) is 0 Å². The zero-order valence-corrected chi connectivity index (χ0v) is 16.1. The minimum Gasteiger partial charge on any atom is -0.339 e. The number of rotatable bonds is 3. The van der Waals surface area contributed by atoms with Crippen molar-refractivity contribution in [2.45, 2.75) is 13.8 Å². The van der Waals surface area contributed by atoms with Crippen molar-refractivity contribution in [3.8, 4) is 0 Å². The second kappa shape index (κ2) is 8.47. The number of carbonyl (C=O) groups is 3. The summed E-state index contributed by atoms with van der Waals surface area (Å²) < 4.78 is 0. The summed E-state index contributed by atoms with van der Waals surface area (Å²) in [5, 5.41) is 0. The van der Waals surface area contributed by atoms with Crippen molar-refractivity contribution in [2.24, 2.45) is 0 Å². The Balaban J connectivity index is 1.64. The lowest BCUT2D eigenvalue weighted by atomic mass is 10.1. The van der Waals surface area contributed by atoms with E-state index < -0.39 is 0 Å². The van der Waals surface area contributed by atoms with E-state index in [4.69, 9.17) is 0 Å². The van der Waals surface area contributed by atoms with Gasteiger partial charge in [-0.3, -0.25) is 19.4 Å². The number of pyridine rings is 1. The molecule has 8 nitrogen and oxygen atoms in total. The molecule has 146 valence electrons. The van der Waals surface area contributed by atoms with Gasteiger partial charge in [-0.05, 0) is 18.7 Å². The molecule has 1 aromatic heterocycles. The summed E-state index contributed by atoms with van der Waals surface area (Å²) in [6.45, 7) is 9.82. The Hall–Kier alpha value is -2.48. The van der Waals surface area contributed by atoms with Gasteiger partial charge < -0.3 is 19.6 Å². The first-order valence-corrected chi connectivity index (χ1v) is 9.52. The predicted molar refractivity (Wildman–Crippen MR) is 100 cm³/mol. The standard InChI is InChI=1S/C19H27N5O3/c1-3-21-6-8-23(9-7-21)18(26)16-4-5-20-17(14-16)19(27)24-12-10-22(11-13-24)15(2)25/h4-5,14H,3,6-13H2,1-2H3. The van der Waals surface area contributed by atoms with Gasteiger partial charge in [-0.25, -0.2) is 0 Å². The summed E-state index contributed by atoms with van der Waals surface area (Å²) in [5.41, 5.74) is 0.782. The third kappa shape index (κ3) is 4.44. The average Bonchev–Trinajstić information content (AvgIpc) is 2.73. The molecule has 0 bridgehead atoms. The number of aromatic nitrogens is 1. The molecule has 0 unspecified atom stereocenters. The smallest absolute Gasteiger partial charge is 0.272 e. The number of hydrogen-bond acceptors (Lipinski definition) is 5. The SMILES string of the molecule is CCN1CCN(C(=O)c2ccnc(C(=O)N3CCN(C(C)=O)CC3)c2)CC1. The predicted octanol–water partition coefficient (Wildman–Crippen LogP) is 0.164. The zero-order chi connectivity index (χ0) is 19.4. The summed E-state index contributed by atoms with van der Waals surface area (Å²) >= 11 is 0. The van der Waals surface area contributed by atoms with Gasteiger partial charge in [0.25, 0.3) is 11.8 Å². The second-order valence-corrected chi connectivity index (χ2v) is 6.95. The first-order chi connectivity index (χ1) is 13.0. The lowest BCUT2D eigenvalue weighted by Gasteiger charge is -2.34. The molecule has 0 aliphatic carbocycles. The van der Waals surface area contributed by atoms with E-state index in [1.54, 1.807) is 21.9 Å². The van der Waals surface area contributed by atoms with E-state index in [-0.39, 0.29) is 23.4 Å². The first-order valence-electron chi connectivity index (χ1n) is 9.52. The minimum absolute atomic E-state index is 0.0241. The molecule has 0 spiro atoms. The highest BCUT2D eigenvalue weighted by atomic mass is 16.2. The van der Waals surface area contributed by atoms with Crippen molar-refractivity contribution in [3.63, 3.8) is 0 Å². The molecule has 0 atom stereocenters. The summed E-state index contributed by atoms with van der Waals surface area (Å²) in [6, 6.07) is 3.26. The Morgan fingerprint density at radius 2 is 1.44 bits per heavy atom. The second-order valence-electron chi connectivity index (χ2n) is 6.95. The van der Waals surface area contributed by atoms with Crippen LogP contribution in [0.25, 0.3) is 0 Å². The minimum atomic E-state index is -0.191. The lowest BCUT2D eigenvalue weighted by molar-refractivity contribution is -0.130. The van der Waals surface area contributed by atoms with Crippen LogP contribution in [-0.4, -0.2) is 101 Å². The van der Waals surface area contributed by atoms with Crippen LogP contribution in [0.1, 0.15) is 34.7 Å². The number of piperazine rings is 2. The van der Waals surface area contributed by atoms with Gasteiger partial charge in [0.15, 0.2) is 0 Å². The highest BCUT2D eigenvalue weighted by molar-refractivity contribution is 5.98. The molecule has 0 radical (unpaired) electrons. The van der Waals surface area contributed by atoms with Gasteiger partial charge in [0.05, 0.1) is 0 Å². The zero-order valence-electron chi connectivity index (χ0n) is 16.1. The Morgan fingerprint density at radius 3 is 2.04 bits per heavy atom. The van der Waals surface area contributed by atoms with Gasteiger partial charge in [-0.1, -0.05) is 6.92 Å². The number of carbonyl (C=O) groups excluding carboxylic acids is 3. The highest BCUT2D eigenvalue weighted by Gasteiger charge is 2.26. The largest absolute Gasteiger partial charge is 0.339 e. The van der Waals surface area contributed by atoms with Crippen LogP contribution >= 0.6 is 0 Å². The molecule has 0 saturated carbocycles. The summed E-state index contributed by atoms with van der Waals surface area (Å²) in [4.78, 5) is 48.7. The summed E-state index contributed by atoms with van der Waals surface area (Å²) in [5.74, 6) is -0.219. The van der Waals surface area contributed by atoms with E-state index in [1.165, 1.54) is 13.1 Å². The van der Waals surface area contributed by atoms with Crippen LogP contribution in [0.2, 0.25) is 0 Å². The van der Waals surface area contributed by atoms with Crippen molar-refractivity contribution < 1.29 is 14.4 Å². The van der Waals surface area contributed by atoms with Crippen molar-refractivity contribution in [3.05, 3.63) is 29.6 Å². The molecule has 27 heavy (non-hydrogen) atoms. The molecule has 3 rings (SSSR count). The third-order valence-electron chi connectivity index (χ3n) is 5.34. The molecule has 2 saturated heterocycles. The fourth-order valence-corrected chi connectivity index (χ4v) is 3.52. The van der Waals surface area contributed by atoms with Crippen molar-refractivity contribution in [1.82, 2.24) is 24.6 Å². The Kier molecular flexibility index (Phi) is 6.05. The number of amides is 3. The van der Waals surface area contributed by atoms with Crippen molar-refractivity contribution >= 4 is 17.7 Å². The van der Waals surface area contributed by atoms with Crippen LogP contribution in [-0.2, 0) is 4.79 Å². The van der Waals surface area contributed by atoms with Crippen LogP contribution in [0.15, 0.2) is 18.3 Å². The molecule has 8 heteroatoms. The van der Waals surface area contributed by atoms with Gasteiger partial charge in [0, 0.05) is 71.0 Å². The van der Waals surface area contributed by atoms with Gasteiger partial charge in [-0.15, -0.1) is 0 Å². The topological polar surface area (TPSA) is 77.1 Å². The summed E-state index contributed by atoms with van der Waals surface area (Å²) in [7, 11) is 0. The molecular weight excluding hydrogens is 346 g/mol. The fraction of sp³-hybridized carbons (Fsp3) is 0.579. The number of likely N-dealkylation sites (N-methyl/N-ethyl adjacent to an activating group) is 1. The molecule has 2 aliphatic heterocycles.